The summed E-state index contributed by atoms with van der Waals surface area (Å²) in [6, 6.07) is 15.3. The summed E-state index contributed by atoms with van der Waals surface area (Å²) >= 11 is 0. The fraction of sp³-hybridized carbons (Fsp3) is 0.0625. The van der Waals surface area contributed by atoms with Crippen molar-refractivity contribution in [1.29, 1.82) is 0 Å². The highest BCUT2D eigenvalue weighted by Gasteiger charge is 2.22. The number of carbonyl (C=O) groups excluding carboxylic acids is 1. The van der Waals surface area contributed by atoms with Gasteiger partial charge in [-0.05, 0) is 12.5 Å². The average Bonchev–Trinajstić information content (AvgIpc) is 2.47. The molecule has 0 fully saturated rings. The fourth-order valence-electron chi connectivity index (χ4n) is 1.93. The molecule has 0 amide bonds. The molecule has 0 spiro atoms. The number of aryl methyl sites for hydroxylation is 1. The van der Waals surface area contributed by atoms with Crippen molar-refractivity contribution in [3.8, 4) is 0 Å². The van der Waals surface area contributed by atoms with Crippen LogP contribution < -0.4 is 0 Å². The van der Waals surface area contributed by atoms with E-state index >= 15 is 0 Å². The van der Waals surface area contributed by atoms with Crippen LogP contribution in [0.2, 0.25) is 0 Å². The zero-order chi connectivity index (χ0) is 15.2. The first-order valence-corrected chi connectivity index (χ1v) is 6.40. The average molecular weight is 286 g/mol. The van der Waals surface area contributed by atoms with E-state index < -0.39 is 7.47 Å². The summed E-state index contributed by atoms with van der Waals surface area (Å²) < 4.78 is 29.7. The Bertz CT molecular complexity index is 654. The Labute approximate surface area is 122 Å². The van der Waals surface area contributed by atoms with E-state index in [1.165, 1.54) is 0 Å². The molecule has 5 heteroatoms. The molecule has 0 aliphatic rings. The molecule has 2 nitrogen and oxygen atoms in total. The van der Waals surface area contributed by atoms with E-state index in [2.05, 4.69) is 4.65 Å². The van der Waals surface area contributed by atoms with Gasteiger partial charge in [0.1, 0.15) is 5.76 Å². The Morgan fingerprint density at radius 2 is 1.67 bits per heavy atom. The quantitative estimate of drug-likeness (QED) is 0.357. The van der Waals surface area contributed by atoms with Crippen LogP contribution in [0.5, 0.6) is 0 Å². The molecule has 2 rings (SSSR count). The summed E-state index contributed by atoms with van der Waals surface area (Å²) in [7, 11) is -2.99. The second-order valence-corrected chi connectivity index (χ2v) is 4.43. The number of ketones is 1. The molecule has 0 aliphatic heterocycles. The SMILES string of the molecule is Cc1ccccc1/C(=C/C(=O)c1ccccc1)OB(F)F. The van der Waals surface area contributed by atoms with Crippen LogP contribution in [0.25, 0.3) is 5.76 Å². The van der Waals surface area contributed by atoms with Crippen molar-refractivity contribution < 1.29 is 18.1 Å². The van der Waals surface area contributed by atoms with E-state index in [0.29, 0.717) is 11.1 Å². The minimum Gasteiger partial charge on any atom is -0.505 e. The van der Waals surface area contributed by atoms with E-state index in [4.69, 9.17) is 0 Å². The summed E-state index contributed by atoms with van der Waals surface area (Å²) in [5, 5.41) is 0. The van der Waals surface area contributed by atoms with Gasteiger partial charge in [0.15, 0.2) is 5.78 Å². The Morgan fingerprint density at radius 1 is 1.05 bits per heavy atom. The first-order chi connectivity index (χ1) is 10.1. The lowest BCUT2D eigenvalue weighted by Crippen LogP contribution is -2.07. The molecule has 0 bridgehead atoms. The highest BCUT2D eigenvalue weighted by Crippen LogP contribution is 2.22. The van der Waals surface area contributed by atoms with Gasteiger partial charge in [-0.2, -0.15) is 0 Å². The van der Waals surface area contributed by atoms with Crippen LogP contribution >= 0.6 is 0 Å². The van der Waals surface area contributed by atoms with Crippen LogP contribution in [0.3, 0.4) is 0 Å². The molecule has 0 aliphatic carbocycles. The molecular formula is C16H13BF2O2. The molecule has 0 heterocycles. The van der Waals surface area contributed by atoms with Gasteiger partial charge in [-0.15, -0.1) is 0 Å². The Balaban J connectivity index is 2.39. The first kappa shape index (κ1) is 15.0. The van der Waals surface area contributed by atoms with Gasteiger partial charge in [0.05, 0.1) is 0 Å². The molecule has 2 aromatic rings. The number of halogens is 2. The van der Waals surface area contributed by atoms with E-state index in [1.807, 2.05) is 0 Å². The third-order valence-corrected chi connectivity index (χ3v) is 2.95. The zero-order valence-corrected chi connectivity index (χ0v) is 11.4. The van der Waals surface area contributed by atoms with Crippen LogP contribution in [-0.4, -0.2) is 13.3 Å². The predicted molar refractivity (Wildman–Crippen MR) is 79.0 cm³/mol. The van der Waals surface area contributed by atoms with E-state index in [-0.39, 0.29) is 11.5 Å². The number of hydrogen-bond donors (Lipinski definition) is 0. The Morgan fingerprint density at radius 3 is 2.29 bits per heavy atom. The predicted octanol–water partition coefficient (Wildman–Crippen LogP) is 4.16. The van der Waals surface area contributed by atoms with Crippen LogP contribution in [0, 0.1) is 6.92 Å². The van der Waals surface area contributed by atoms with Crippen molar-refractivity contribution in [2.24, 2.45) is 0 Å². The van der Waals surface area contributed by atoms with Crippen LogP contribution in [-0.2, 0) is 4.65 Å². The van der Waals surface area contributed by atoms with Gasteiger partial charge in [0.2, 0.25) is 0 Å². The number of benzene rings is 2. The zero-order valence-electron chi connectivity index (χ0n) is 11.4. The lowest BCUT2D eigenvalue weighted by atomic mass is 10.0. The summed E-state index contributed by atoms with van der Waals surface area (Å²) in [5.74, 6) is -0.508. The minimum absolute atomic E-state index is 0.128. The summed E-state index contributed by atoms with van der Waals surface area (Å²) in [4.78, 5) is 12.1. The van der Waals surface area contributed by atoms with Crippen molar-refractivity contribution in [2.75, 3.05) is 0 Å². The van der Waals surface area contributed by atoms with Gasteiger partial charge in [0, 0.05) is 17.2 Å². The van der Waals surface area contributed by atoms with Crippen LogP contribution in [0.15, 0.2) is 60.7 Å². The van der Waals surface area contributed by atoms with Crippen molar-refractivity contribution in [1.82, 2.24) is 0 Å². The summed E-state index contributed by atoms with van der Waals surface area (Å²) in [6.07, 6.45) is 1.10. The minimum atomic E-state index is -2.99. The summed E-state index contributed by atoms with van der Waals surface area (Å²) in [5.41, 5.74) is 1.65. The van der Waals surface area contributed by atoms with Crippen molar-refractivity contribution in [3.63, 3.8) is 0 Å². The van der Waals surface area contributed by atoms with Gasteiger partial charge in [-0.1, -0.05) is 54.6 Å². The first-order valence-electron chi connectivity index (χ1n) is 6.40. The fourth-order valence-corrected chi connectivity index (χ4v) is 1.93. The smallest absolute Gasteiger partial charge is 0.505 e. The third-order valence-electron chi connectivity index (χ3n) is 2.95. The Kier molecular flexibility index (Phi) is 4.87. The Hall–Kier alpha value is -2.43. The number of allylic oxidation sites excluding steroid dienone is 1. The maximum atomic E-state index is 12.6. The molecule has 106 valence electrons. The normalized spacial score (nSPS) is 11.1. The molecule has 0 N–H and O–H groups in total. The molecule has 0 atom stereocenters. The molecule has 0 unspecified atom stereocenters. The van der Waals surface area contributed by atoms with E-state index in [9.17, 15) is 13.4 Å². The van der Waals surface area contributed by atoms with Crippen LogP contribution in [0.1, 0.15) is 21.5 Å². The number of hydrogen-bond acceptors (Lipinski definition) is 2. The molecule has 0 radical (unpaired) electrons. The van der Waals surface area contributed by atoms with Crippen LogP contribution in [0.4, 0.5) is 8.63 Å². The largest absolute Gasteiger partial charge is 0.796 e. The van der Waals surface area contributed by atoms with Gasteiger partial charge >= 0.3 is 7.47 Å². The molecule has 2 aromatic carbocycles. The topological polar surface area (TPSA) is 26.3 Å². The monoisotopic (exact) mass is 286 g/mol. The second kappa shape index (κ2) is 6.84. The molecule has 21 heavy (non-hydrogen) atoms. The number of carbonyl (C=O) groups is 1. The lowest BCUT2D eigenvalue weighted by molar-refractivity contribution is 0.104. The second-order valence-electron chi connectivity index (χ2n) is 4.43. The van der Waals surface area contributed by atoms with Gasteiger partial charge in [-0.25, -0.2) is 8.63 Å². The molecule has 0 saturated heterocycles. The van der Waals surface area contributed by atoms with Crippen molar-refractivity contribution >= 4 is 19.0 Å². The maximum absolute atomic E-state index is 12.6. The standard InChI is InChI=1S/C16H13BF2O2/c1-12-7-5-6-10-14(12)16(21-17(18)19)11-15(20)13-8-3-2-4-9-13/h2-11H,1H3/b16-11-. The third kappa shape index (κ3) is 4.02. The van der Waals surface area contributed by atoms with Gasteiger partial charge in [-0.3, -0.25) is 4.79 Å². The van der Waals surface area contributed by atoms with Crippen molar-refractivity contribution in [3.05, 3.63) is 77.4 Å². The molecular weight excluding hydrogens is 273 g/mol. The van der Waals surface area contributed by atoms with E-state index in [0.717, 1.165) is 11.6 Å². The lowest BCUT2D eigenvalue weighted by Gasteiger charge is -2.11. The van der Waals surface area contributed by atoms with Gasteiger partial charge in [0.25, 0.3) is 0 Å². The molecule has 0 saturated carbocycles. The summed E-state index contributed by atoms with van der Waals surface area (Å²) in [6.45, 7) is 1.77. The van der Waals surface area contributed by atoms with Gasteiger partial charge < -0.3 is 4.65 Å². The highest BCUT2D eigenvalue weighted by atomic mass is 19.2. The number of rotatable bonds is 5. The van der Waals surface area contributed by atoms with E-state index in [1.54, 1.807) is 61.5 Å². The maximum Gasteiger partial charge on any atom is 0.796 e. The highest BCUT2D eigenvalue weighted by molar-refractivity contribution is 6.36. The molecule has 0 aromatic heterocycles. The van der Waals surface area contributed by atoms with Crippen molar-refractivity contribution in [2.45, 2.75) is 6.92 Å².